The molecule has 6 nitrogen and oxygen atoms in total. The molecule has 0 spiro atoms. The van der Waals surface area contributed by atoms with E-state index in [1.807, 2.05) is 84.9 Å². The standard InChI is InChI=1S/C48H22F4N6/c1-53-31-21-17-29(18-22-31)45-46(30-19-23-32(54-2)24-20-30)58-47-36(57-45)25-34(26-9-5-4-6-10-26)38-33-11-7-8-12-35(33)56-44(39(38)47)28-15-13-27(14-16-28)37-40(49)42(51)48(55-3)43(52)41(37)50/h4-25H. The third-order valence-corrected chi connectivity index (χ3v) is 10.0. The number of hydrogen-bond donors (Lipinski definition) is 0. The molecule has 0 aliphatic heterocycles. The van der Waals surface area contributed by atoms with Gasteiger partial charge in [0.05, 0.1) is 58.9 Å². The van der Waals surface area contributed by atoms with Gasteiger partial charge in [0.25, 0.3) is 5.69 Å². The molecule has 2 aromatic heterocycles. The summed E-state index contributed by atoms with van der Waals surface area (Å²) in [6.07, 6.45) is 0. The van der Waals surface area contributed by atoms with Gasteiger partial charge in [-0.25, -0.2) is 47.0 Å². The van der Waals surface area contributed by atoms with E-state index in [-0.39, 0.29) is 5.56 Å². The summed E-state index contributed by atoms with van der Waals surface area (Å²) in [7, 11) is 0. The normalized spacial score (nSPS) is 11.1. The van der Waals surface area contributed by atoms with E-state index >= 15 is 8.78 Å². The van der Waals surface area contributed by atoms with Crippen molar-refractivity contribution in [2.75, 3.05) is 0 Å². The van der Waals surface area contributed by atoms with Gasteiger partial charge in [0.1, 0.15) is 0 Å². The SMILES string of the molecule is [C-]#[N+]c1ccc(-c2nc3cc(-c4ccccc4)c4c5ccccc5nc(-c5ccc(-c6c(F)c(F)c([N+]#[C-])c(F)c6F)cc5)c4c3nc2-c2ccc([N+]#[C-])cc2)cc1. The molecule has 9 rings (SSSR count). The largest absolute Gasteiger partial charge is 0.262 e. The third-order valence-electron chi connectivity index (χ3n) is 10.0. The van der Waals surface area contributed by atoms with Gasteiger partial charge in [0.2, 0.25) is 0 Å². The number of nitrogens with zero attached hydrogens (tertiary/aromatic N) is 6. The summed E-state index contributed by atoms with van der Waals surface area (Å²) >= 11 is 0. The number of aromatic nitrogens is 3. The van der Waals surface area contributed by atoms with E-state index in [2.05, 4.69) is 14.5 Å². The number of pyridine rings is 1. The van der Waals surface area contributed by atoms with Crippen LogP contribution in [0.5, 0.6) is 0 Å². The molecule has 0 saturated carbocycles. The molecule has 0 amide bonds. The molecule has 0 fully saturated rings. The molecule has 0 saturated heterocycles. The maximum atomic E-state index is 15.2. The van der Waals surface area contributed by atoms with Crippen LogP contribution in [-0.4, -0.2) is 15.0 Å². The third kappa shape index (κ3) is 5.74. The van der Waals surface area contributed by atoms with Crippen molar-refractivity contribution in [3.8, 4) is 56.0 Å². The Hall–Kier alpha value is -8.26. The second-order valence-corrected chi connectivity index (χ2v) is 13.3. The van der Waals surface area contributed by atoms with Crippen LogP contribution in [0.4, 0.5) is 34.6 Å². The summed E-state index contributed by atoms with van der Waals surface area (Å²) in [6.45, 7) is 22.0. The maximum absolute atomic E-state index is 15.2. The predicted octanol–water partition coefficient (Wildman–Crippen LogP) is 13.9. The molecule has 10 heteroatoms. The average Bonchev–Trinajstić information content (AvgIpc) is 3.28. The summed E-state index contributed by atoms with van der Waals surface area (Å²) in [5, 5.41) is 2.27. The number of halogens is 4. The molecule has 0 bridgehead atoms. The first-order valence-corrected chi connectivity index (χ1v) is 17.7. The van der Waals surface area contributed by atoms with E-state index in [1.165, 1.54) is 12.1 Å². The van der Waals surface area contributed by atoms with E-state index in [0.29, 0.717) is 61.5 Å². The predicted molar refractivity (Wildman–Crippen MR) is 218 cm³/mol. The summed E-state index contributed by atoms with van der Waals surface area (Å²) < 4.78 is 59.8. The van der Waals surface area contributed by atoms with Crippen molar-refractivity contribution in [2.24, 2.45) is 0 Å². The zero-order valence-corrected chi connectivity index (χ0v) is 29.9. The molecule has 0 aliphatic carbocycles. The van der Waals surface area contributed by atoms with Gasteiger partial charge < -0.3 is 0 Å². The van der Waals surface area contributed by atoms with E-state index in [0.717, 1.165) is 27.5 Å². The summed E-state index contributed by atoms with van der Waals surface area (Å²) in [5.74, 6) is -6.88. The number of rotatable bonds is 5. The van der Waals surface area contributed by atoms with Crippen molar-refractivity contribution < 1.29 is 17.6 Å². The highest BCUT2D eigenvalue weighted by molar-refractivity contribution is 6.25. The van der Waals surface area contributed by atoms with Gasteiger partial charge >= 0.3 is 0 Å². The molecule has 0 N–H and O–H groups in total. The van der Waals surface area contributed by atoms with Gasteiger partial charge in [0.15, 0.2) is 34.6 Å². The highest BCUT2D eigenvalue weighted by atomic mass is 19.2. The lowest BCUT2D eigenvalue weighted by Crippen LogP contribution is -2.00. The van der Waals surface area contributed by atoms with Gasteiger partial charge in [-0.2, -0.15) is 0 Å². The first-order valence-electron chi connectivity index (χ1n) is 17.7. The Morgan fingerprint density at radius 1 is 0.414 bits per heavy atom. The van der Waals surface area contributed by atoms with Gasteiger partial charge in [-0.05, 0) is 39.9 Å². The summed E-state index contributed by atoms with van der Waals surface area (Å²) in [6, 6.07) is 39.4. The van der Waals surface area contributed by atoms with E-state index < -0.39 is 34.5 Å². The number of para-hydroxylation sites is 1. The average molecular weight is 759 g/mol. The van der Waals surface area contributed by atoms with Crippen molar-refractivity contribution in [3.63, 3.8) is 0 Å². The van der Waals surface area contributed by atoms with Crippen molar-refractivity contribution >= 4 is 49.8 Å². The number of fused-ring (bicyclic) bond motifs is 5. The molecule has 7 aromatic carbocycles. The minimum absolute atomic E-state index is 0.146. The highest BCUT2D eigenvalue weighted by Crippen LogP contribution is 2.45. The van der Waals surface area contributed by atoms with Gasteiger partial charge in [-0.1, -0.05) is 121 Å². The molecule has 58 heavy (non-hydrogen) atoms. The number of hydrogen-bond acceptors (Lipinski definition) is 3. The fourth-order valence-corrected chi connectivity index (χ4v) is 7.28. The fraction of sp³-hybridized carbons (Fsp3) is 0. The van der Waals surface area contributed by atoms with Crippen molar-refractivity contribution in [1.82, 2.24) is 15.0 Å². The van der Waals surface area contributed by atoms with Crippen molar-refractivity contribution in [3.05, 3.63) is 191 Å². The van der Waals surface area contributed by atoms with Gasteiger partial charge in [-0.3, -0.25) is 0 Å². The topological polar surface area (TPSA) is 51.8 Å². The Morgan fingerprint density at radius 3 is 1.50 bits per heavy atom. The maximum Gasteiger partial charge on any atom is 0.262 e. The Labute approximate surface area is 328 Å². The van der Waals surface area contributed by atoms with Crippen LogP contribution < -0.4 is 0 Å². The Bertz CT molecular complexity index is 3250. The lowest BCUT2D eigenvalue weighted by Gasteiger charge is -2.18. The molecule has 272 valence electrons. The minimum atomic E-state index is -1.77. The van der Waals surface area contributed by atoms with Crippen molar-refractivity contribution in [2.45, 2.75) is 0 Å². The van der Waals surface area contributed by atoms with E-state index in [1.54, 1.807) is 36.4 Å². The zero-order chi connectivity index (χ0) is 40.1. The second kappa shape index (κ2) is 14.1. The Balaban J connectivity index is 1.39. The van der Waals surface area contributed by atoms with E-state index in [4.69, 9.17) is 34.7 Å². The zero-order valence-electron chi connectivity index (χ0n) is 29.9. The quantitative estimate of drug-likeness (QED) is 0.0760. The van der Waals surface area contributed by atoms with E-state index in [9.17, 15) is 8.78 Å². The molecule has 0 atom stereocenters. The van der Waals surface area contributed by atoms with Crippen molar-refractivity contribution in [1.29, 1.82) is 0 Å². The molecular weight excluding hydrogens is 737 g/mol. The van der Waals surface area contributed by atoms with Crippen LogP contribution in [0.15, 0.2) is 133 Å². The smallest absolute Gasteiger partial charge is 0.247 e. The Kier molecular flexibility index (Phi) is 8.62. The van der Waals surface area contributed by atoms with Gasteiger partial charge in [-0.15, -0.1) is 0 Å². The second-order valence-electron chi connectivity index (χ2n) is 13.3. The van der Waals surface area contributed by atoms with Crippen LogP contribution in [0.1, 0.15) is 0 Å². The minimum Gasteiger partial charge on any atom is -0.247 e. The monoisotopic (exact) mass is 758 g/mol. The molecule has 2 heterocycles. The molecule has 0 unspecified atom stereocenters. The summed E-state index contributed by atoms with van der Waals surface area (Å²) in [4.78, 5) is 25.5. The lowest BCUT2D eigenvalue weighted by atomic mass is 9.91. The van der Waals surface area contributed by atoms with Crippen LogP contribution >= 0.6 is 0 Å². The molecular formula is C48H22F4N6. The van der Waals surface area contributed by atoms with Crippen LogP contribution in [0, 0.1) is 43.0 Å². The van der Waals surface area contributed by atoms with Crippen LogP contribution in [0.25, 0.3) is 103 Å². The number of benzene rings is 7. The van der Waals surface area contributed by atoms with Crippen LogP contribution in [0.3, 0.4) is 0 Å². The molecule has 0 radical (unpaired) electrons. The van der Waals surface area contributed by atoms with Crippen LogP contribution in [0.2, 0.25) is 0 Å². The van der Waals surface area contributed by atoms with Crippen LogP contribution in [-0.2, 0) is 0 Å². The Morgan fingerprint density at radius 2 is 0.914 bits per heavy atom. The molecule has 9 aromatic rings. The first kappa shape index (κ1) is 35.4. The lowest BCUT2D eigenvalue weighted by molar-refractivity contribution is 0.465. The highest BCUT2D eigenvalue weighted by Gasteiger charge is 2.27. The summed E-state index contributed by atoms with van der Waals surface area (Å²) in [5.41, 5.74) is 5.34. The first-order chi connectivity index (χ1) is 28.3. The fourth-order valence-electron chi connectivity index (χ4n) is 7.28. The van der Waals surface area contributed by atoms with Gasteiger partial charge in [0, 0.05) is 21.7 Å². The molecule has 0 aliphatic rings.